The standard InChI is InChI=1S/C59H39N5/c60-40-47-37-46(56-39-55(44-15-5-1-6-16-44)61-59(62-56)45-17-7-2-8-18-45)31-35-52(47)43-27-25-41(26-28-43)42-29-32-50(33-30-42)64-57-24-14-13-23-53(57)54-38-51(34-36-58(54)64)63(48-19-9-3-10-20-48)49-21-11-4-12-22-49/h1-39H. The highest BCUT2D eigenvalue weighted by Gasteiger charge is 2.18. The average molecular weight is 818 g/mol. The highest BCUT2D eigenvalue weighted by Crippen LogP contribution is 2.40. The Morgan fingerprint density at radius 3 is 1.53 bits per heavy atom. The van der Waals surface area contributed by atoms with Gasteiger partial charge < -0.3 is 9.47 Å². The predicted octanol–water partition coefficient (Wildman–Crippen LogP) is 15.3. The third-order valence-electron chi connectivity index (χ3n) is 11.9. The molecular weight excluding hydrogens is 779 g/mol. The Balaban J connectivity index is 0.895. The van der Waals surface area contributed by atoms with E-state index in [-0.39, 0.29) is 0 Å². The summed E-state index contributed by atoms with van der Waals surface area (Å²) in [6.07, 6.45) is 0. The van der Waals surface area contributed by atoms with E-state index in [2.05, 4.69) is 179 Å². The summed E-state index contributed by atoms with van der Waals surface area (Å²) in [6.45, 7) is 0. The summed E-state index contributed by atoms with van der Waals surface area (Å²) in [5.41, 5.74) is 15.8. The molecule has 64 heavy (non-hydrogen) atoms. The highest BCUT2D eigenvalue weighted by molar-refractivity contribution is 6.10. The predicted molar refractivity (Wildman–Crippen MR) is 263 cm³/mol. The number of nitrogens with zero attached hydrogens (tertiary/aromatic N) is 5. The molecule has 0 unspecified atom stereocenters. The first-order valence-corrected chi connectivity index (χ1v) is 21.4. The minimum Gasteiger partial charge on any atom is -0.310 e. The summed E-state index contributed by atoms with van der Waals surface area (Å²) in [7, 11) is 0. The van der Waals surface area contributed by atoms with E-state index in [9.17, 15) is 5.26 Å². The van der Waals surface area contributed by atoms with E-state index >= 15 is 0 Å². The first-order valence-electron chi connectivity index (χ1n) is 21.4. The molecule has 0 spiro atoms. The SMILES string of the molecule is N#Cc1cc(-c2cc(-c3ccccc3)nc(-c3ccccc3)n2)ccc1-c1ccc(-c2ccc(-n3c4ccccc4c4cc(N(c5ccccc5)c5ccccc5)ccc43)cc2)cc1. The summed E-state index contributed by atoms with van der Waals surface area (Å²) in [4.78, 5) is 12.2. The Morgan fingerprint density at radius 2 is 0.891 bits per heavy atom. The molecule has 5 nitrogen and oxygen atoms in total. The maximum atomic E-state index is 10.4. The molecular formula is C59H39N5. The first-order chi connectivity index (χ1) is 31.7. The van der Waals surface area contributed by atoms with Crippen molar-refractivity contribution < 1.29 is 0 Å². The van der Waals surface area contributed by atoms with E-state index in [4.69, 9.17) is 9.97 Å². The number of aromatic nitrogens is 3. The Kier molecular flexibility index (Phi) is 9.85. The van der Waals surface area contributed by atoms with E-state index < -0.39 is 0 Å². The summed E-state index contributed by atoms with van der Waals surface area (Å²) >= 11 is 0. The second-order valence-electron chi connectivity index (χ2n) is 15.8. The largest absolute Gasteiger partial charge is 0.310 e. The van der Waals surface area contributed by atoms with Crippen LogP contribution in [0.25, 0.3) is 83.6 Å². The van der Waals surface area contributed by atoms with Gasteiger partial charge in [0.2, 0.25) is 0 Å². The molecule has 0 bridgehead atoms. The van der Waals surface area contributed by atoms with Gasteiger partial charge in [-0.2, -0.15) is 5.26 Å². The average Bonchev–Trinajstić information content (AvgIpc) is 3.71. The van der Waals surface area contributed by atoms with Gasteiger partial charge in [0.15, 0.2) is 5.82 Å². The van der Waals surface area contributed by atoms with Crippen LogP contribution in [0.5, 0.6) is 0 Å². The van der Waals surface area contributed by atoms with Gasteiger partial charge in [-0.05, 0) is 95.1 Å². The van der Waals surface area contributed by atoms with Gasteiger partial charge in [0.05, 0.1) is 34.1 Å². The maximum absolute atomic E-state index is 10.4. The maximum Gasteiger partial charge on any atom is 0.160 e. The molecule has 11 rings (SSSR count). The molecule has 0 atom stereocenters. The molecule has 300 valence electrons. The van der Waals surface area contributed by atoms with Gasteiger partial charge in [0.25, 0.3) is 0 Å². The van der Waals surface area contributed by atoms with Crippen LogP contribution in [0.4, 0.5) is 17.1 Å². The van der Waals surface area contributed by atoms with Gasteiger partial charge in [-0.1, -0.05) is 164 Å². The quantitative estimate of drug-likeness (QED) is 0.146. The van der Waals surface area contributed by atoms with Crippen LogP contribution >= 0.6 is 0 Å². The third kappa shape index (κ3) is 7.15. The molecule has 0 saturated carbocycles. The molecule has 2 heterocycles. The van der Waals surface area contributed by atoms with Crippen LogP contribution < -0.4 is 4.90 Å². The van der Waals surface area contributed by atoms with Crippen molar-refractivity contribution >= 4 is 38.9 Å². The zero-order valence-corrected chi connectivity index (χ0v) is 34.8. The number of benzene rings is 9. The fourth-order valence-electron chi connectivity index (χ4n) is 8.74. The van der Waals surface area contributed by atoms with E-state index in [1.807, 2.05) is 72.8 Å². The van der Waals surface area contributed by atoms with E-state index in [0.29, 0.717) is 11.4 Å². The second kappa shape index (κ2) is 16.5. The number of fused-ring (bicyclic) bond motifs is 3. The number of rotatable bonds is 9. The Hall–Kier alpha value is -8.85. The second-order valence-corrected chi connectivity index (χ2v) is 15.8. The molecule has 0 aliphatic heterocycles. The summed E-state index contributed by atoms with van der Waals surface area (Å²) < 4.78 is 2.36. The van der Waals surface area contributed by atoms with Crippen LogP contribution in [0.1, 0.15) is 5.56 Å². The van der Waals surface area contributed by atoms with Crippen LogP contribution in [0.15, 0.2) is 237 Å². The lowest BCUT2D eigenvalue weighted by Gasteiger charge is -2.25. The Labute approximate surface area is 372 Å². The summed E-state index contributed by atoms with van der Waals surface area (Å²) in [5.74, 6) is 0.641. The number of anilines is 3. The molecule has 0 aliphatic carbocycles. The molecule has 0 N–H and O–H groups in total. The van der Waals surface area contributed by atoms with Crippen LogP contribution in [0.3, 0.4) is 0 Å². The number of hydrogen-bond donors (Lipinski definition) is 0. The molecule has 11 aromatic rings. The highest BCUT2D eigenvalue weighted by atomic mass is 15.1. The fourth-order valence-corrected chi connectivity index (χ4v) is 8.74. The molecule has 0 amide bonds. The van der Waals surface area contributed by atoms with Crippen LogP contribution in [0, 0.1) is 11.3 Å². The lowest BCUT2D eigenvalue weighted by Crippen LogP contribution is -2.09. The van der Waals surface area contributed by atoms with Crippen LogP contribution in [-0.2, 0) is 0 Å². The first kappa shape index (κ1) is 38.1. The fraction of sp³-hybridized carbons (Fsp3) is 0. The van der Waals surface area contributed by atoms with Crippen molar-refractivity contribution in [2.75, 3.05) is 4.90 Å². The number of hydrogen-bond acceptors (Lipinski definition) is 4. The molecule has 2 aromatic heterocycles. The summed E-state index contributed by atoms with van der Waals surface area (Å²) in [6, 6.07) is 84.4. The van der Waals surface area contributed by atoms with E-state index in [1.54, 1.807) is 0 Å². The van der Waals surface area contributed by atoms with Crippen molar-refractivity contribution in [3.05, 3.63) is 242 Å². The third-order valence-corrected chi connectivity index (χ3v) is 11.9. The minimum absolute atomic E-state index is 0.585. The van der Waals surface area contributed by atoms with Crippen molar-refractivity contribution in [1.82, 2.24) is 14.5 Å². The zero-order chi connectivity index (χ0) is 42.8. The lowest BCUT2D eigenvalue weighted by atomic mass is 9.95. The Morgan fingerprint density at radius 1 is 0.375 bits per heavy atom. The van der Waals surface area contributed by atoms with Gasteiger partial charge in [0.1, 0.15) is 0 Å². The zero-order valence-electron chi connectivity index (χ0n) is 34.8. The molecule has 0 fully saturated rings. The van der Waals surface area contributed by atoms with Crippen LogP contribution in [-0.4, -0.2) is 14.5 Å². The van der Waals surface area contributed by atoms with Crippen molar-refractivity contribution in [3.63, 3.8) is 0 Å². The van der Waals surface area contributed by atoms with Gasteiger partial charge in [0, 0.05) is 50.2 Å². The minimum atomic E-state index is 0.585. The number of nitriles is 1. The molecule has 5 heteroatoms. The molecule has 9 aromatic carbocycles. The number of para-hydroxylation sites is 3. The monoisotopic (exact) mass is 817 g/mol. The van der Waals surface area contributed by atoms with Crippen molar-refractivity contribution in [2.24, 2.45) is 0 Å². The molecule has 0 saturated heterocycles. The Bertz CT molecular complexity index is 3370. The normalized spacial score (nSPS) is 11.1. The smallest absolute Gasteiger partial charge is 0.160 e. The van der Waals surface area contributed by atoms with Gasteiger partial charge in [-0.25, -0.2) is 9.97 Å². The van der Waals surface area contributed by atoms with E-state index in [1.165, 1.54) is 10.8 Å². The molecule has 0 radical (unpaired) electrons. The lowest BCUT2D eigenvalue weighted by molar-refractivity contribution is 1.18. The van der Waals surface area contributed by atoms with Crippen LogP contribution in [0.2, 0.25) is 0 Å². The molecule has 0 aliphatic rings. The van der Waals surface area contributed by atoms with Crippen molar-refractivity contribution in [3.8, 4) is 67.9 Å². The van der Waals surface area contributed by atoms with E-state index in [0.717, 1.165) is 84.1 Å². The van der Waals surface area contributed by atoms with Crippen molar-refractivity contribution in [1.29, 1.82) is 5.26 Å². The van der Waals surface area contributed by atoms with Crippen molar-refractivity contribution in [2.45, 2.75) is 0 Å². The summed E-state index contributed by atoms with van der Waals surface area (Å²) in [5, 5.41) is 12.8. The van der Waals surface area contributed by atoms with Gasteiger partial charge >= 0.3 is 0 Å². The van der Waals surface area contributed by atoms with Gasteiger partial charge in [-0.15, -0.1) is 0 Å². The topological polar surface area (TPSA) is 57.7 Å². The van der Waals surface area contributed by atoms with Gasteiger partial charge in [-0.3, -0.25) is 0 Å².